The van der Waals surface area contributed by atoms with Crippen molar-refractivity contribution >= 4 is 40.6 Å². The van der Waals surface area contributed by atoms with E-state index in [1.165, 1.54) is 23.9 Å². The van der Waals surface area contributed by atoms with Gasteiger partial charge in [0.25, 0.3) is 5.91 Å². The molecular weight excluding hydrogens is 388 g/mol. The van der Waals surface area contributed by atoms with Gasteiger partial charge in [-0.3, -0.25) is 4.79 Å². The molecule has 29 heavy (non-hydrogen) atoms. The van der Waals surface area contributed by atoms with E-state index in [0.29, 0.717) is 21.6 Å². The van der Waals surface area contributed by atoms with E-state index in [1.54, 1.807) is 30.3 Å². The second-order valence-corrected chi connectivity index (χ2v) is 7.44. The number of carboxylic acid groups (broad SMARTS) is 1. The van der Waals surface area contributed by atoms with Gasteiger partial charge in [-0.2, -0.15) is 0 Å². The number of nitrogens with one attached hydrogen (secondary N) is 1. The van der Waals surface area contributed by atoms with Crippen molar-refractivity contribution in [2.45, 2.75) is 6.92 Å². The van der Waals surface area contributed by atoms with Crippen molar-refractivity contribution in [2.75, 3.05) is 0 Å². The molecule has 1 fully saturated rings. The van der Waals surface area contributed by atoms with Crippen LogP contribution in [0.4, 0.5) is 5.69 Å². The smallest absolute Gasteiger partial charge is 0.335 e. The van der Waals surface area contributed by atoms with Gasteiger partial charge in [-0.15, -0.1) is 0 Å². The number of carboxylic acids is 1. The van der Waals surface area contributed by atoms with E-state index < -0.39 is 5.97 Å². The molecule has 2 heterocycles. The van der Waals surface area contributed by atoms with Crippen molar-refractivity contribution in [3.05, 3.63) is 82.5 Å². The van der Waals surface area contributed by atoms with Crippen molar-refractivity contribution in [1.29, 1.82) is 0 Å². The van der Waals surface area contributed by atoms with Crippen molar-refractivity contribution < 1.29 is 19.1 Å². The average Bonchev–Trinajstić information content (AvgIpc) is 3.29. The quantitative estimate of drug-likeness (QED) is 0.607. The van der Waals surface area contributed by atoms with Gasteiger partial charge in [0.2, 0.25) is 0 Å². The minimum absolute atomic E-state index is 0.210. The number of carbonyl (C=O) groups is 2. The highest BCUT2D eigenvalue weighted by molar-refractivity contribution is 8.18. The number of amidine groups is 1. The van der Waals surface area contributed by atoms with Crippen LogP contribution in [0.3, 0.4) is 0 Å². The SMILES string of the molecule is Cc1cccc(N=C2NC(=O)/C(=C\c3ccc(-c4ccc(C(=O)O)cc4)o3)S2)c1. The third-order valence-electron chi connectivity index (χ3n) is 4.20. The minimum Gasteiger partial charge on any atom is -0.478 e. The minimum atomic E-state index is -0.978. The summed E-state index contributed by atoms with van der Waals surface area (Å²) in [4.78, 5) is 28.1. The monoisotopic (exact) mass is 404 g/mol. The van der Waals surface area contributed by atoms with E-state index in [0.717, 1.165) is 16.8 Å². The first-order valence-electron chi connectivity index (χ1n) is 8.78. The molecule has 0 unspecified atom stereocenters. The lowest BCUT2D eigenvalue weighted by Crippen LogP contribution is -2.19. The Labute approximate surface area is 171 Å². The zero-order valence-electron chi connectivity index (χ0n) is 15.4. The highest BCUT2D eigenvalue weighted by Crippen LogP contribution is 2.30. The van der Waals surface area contributed by atoms with Gasteiger partial charge in [0.05, 0.1) is 16.2 Å². The van der Waals surface area contributed by atoms with Crippen LogP contribution in [-0.2, 0) is 4.79 Å². The van der Waals surface area contributed by atoms with Crippen LogP contribution in [0.5, 0.6) is 0 Å². The van der Waals surface area contributed by atoms with E-state index in [-0.39, 0.29) is 11.5 Å². The van der Waals surface area contributed by atoms with E-state index in [4.69, 9.17) is 9.52 Å². The topological polar surface area (TPSA) is 91.9 Å². The van der Waals surface area contributed by atoms with Crippen molar-refractivity contribution in [2.24, 2.45) is 4.99 Å². The third kappa shape index (κ3) is 4.30. The average molecular weight is 404 g/mol. The summed E-state index contributed by atoms with van der Waals surface area (Å²) in [5.74, 6) is -0.0957. The van der Waals surface area contributed by atoms with E-state index >= 15 is 0 Å². The summed E-state index contributed by atoms with van der Waals surface area (Å²) < 4.78 is 5.79. The van der Waals surface area contributed by atoms with Gasteiger partial charge >= 0.3 is 5.97 Å². The highest BCUT2D eigenvalue weighted by atomic mass is 32.2. The second kappa shape index (κ2) is 7.81. The fourth-order valence-corrected chi connectivity index (χ4v) is 3.61. The first kappa shape index (κ1) is 18.8. The number of furan rings is 1. The van der Waals surface area contributed by atoms with Crippen LogP contribution in [-0.4, -0.2) is 22.2 Å². The summed E-state index contributed by atoms with van der Waals surface area (Å²) in [6.07, 6.45) is 1.66. The fourth-order valence-electron chi connectivity index (χ4n) is 2.79. The number of aryl methyl sites for hydroxylation is 1. The number of aliphatic imine (C=N–C) groups is 1. The van der Waals surface area contributed by atoms with Crippen LogP contribution in [0.25, 0.3) is 17.4 Å². The molecule has 1 amide bonds. The number of thioether (sulfide) groups is 1. The van der Waals surface area contributed by atoms with Crippen molar-refractivity contribution in [1.82, 2.24) is 5.32 Å². The van der Waals surface area contributed by atoms with Gasteiger partial charge in [-0.1, -0.05) is 24.3 Å². The van der Waals surface area contributed by atoms with E-state index in [2.05, 4.69) is 10.3 Å². The second-order valence-electron chi connectivity index (χ2n) is 6.41. The molecule has 1 aliphatic heterocycles. The zero-order chi connectivity index (χ0) is 20.4. The maximum atomic E-state index is 12.2. The lowest BCUT2D eigenvalue weighted by atomic mass is 10.1. The predicted octanol–water partition coefficient (Wildman–Crippen LogP) is 4.84. The van der Waals surface area contributed by atoms with Crippen LogP contribution >= 0.6 is 11.8 Å². The fraction of sp³-hybridized carbons (Fsp3) is 0.0455. The van der Waals surface area contributed by atoms with Gasteiger partial charge in [0.15, 0.2) is 5.17 Å². The maximum absolute atomic E-state index is 12.2. The molecule has 3 aromatic rings. The maximum Gasteiger partial charge on any atom is 0.335 e. The number of hydrogen-bond acceptors (Lipinski definition) is 5. The molecule has 0 aliphatic carbocycles. The van der Waals surface area contributed by atoms with Crippen LogP contribution < -0.4 is 5.32 Å². The lowest BCUT2D eigenvalue weighted by molar-refractivity contribution is -0.115. The van der Waals surface area contributed by atoms with E-state index in [9.17, 15) is 9.59 Å². The molecule has 0 radical (unpaired) electrons. The number of nitrogens with zero attached hydrogens (tertiary/aromatic N) is 1. The molecule has 6 nitrogen and oxygen atoms in total. The molecule has 2 N–H and O–H groups in total. The molecule has 0 saturated carbocycles. The molecule has 0 bridgehead atoms. The molecule has 1 aromatic heterocycles. The summed E-state index contributed by atoms with van der Waals surface area (Å²) in [6, 6.07) is 17.7. The summed E-state index contributed by atoms with van der Waals surface area (Å²) in [5.41, 5.74) is 2.84. The molecule has 7 heteroatoms. The summed E-state index contributed by atoms with van der Waals surface area (Å²) in [7, 11) is 0. The van der Waals surface area contributed by atoms with Crippen LogP contribution in [0.1, 0.15) is 21.7 Å². The Kier molecular flexibility index (Phi) is 5.05. The Morgan fingerprint density at radius 1 is 1.14 bits per heavy atom. The van der Waals surface area contributed by atoms with Gasteiger partial charge in [0, 0.05) is 11.6 Å². The van der Waals surface area contributed by atoms with Gasteiger partial charge in [0.1, 0.15) is 11.5 Å². The summed E-state index contributed by atoms with van der Waals surface area (Å²) in [5, 5.41) is 12.3. The Bertz CT molecular complexity index is 1160. The molecule has 1 saturated heterocycles. The highest BCUT2D eigenvalue weighted by Gasteiger charge is 2.24. The molecule has 4 rings (SSSR count). The van der Waals surface area contributed by atoms with Crippen LogP contribution in [0.2, 0.25) is 0 Å². The molecular formula is C22H16N2O4S. The first-order chi connectivity index (χ1) is 14.0. The van der Waals surface area contributed by atoms with Crippen molar-refractivity contribution in [3.8, 4) is 11.3 Å². The Balaban J connectivity index is 1.53. The first-order valence-corrected chi connectivity index (χ1v) is 9.59. The number of carbonyl (C=O) groups excluding carboxylic acids is 1. The van der Waals surface area contributed by atoms with Crippen LogP contribution in [0, 0.1) is 6.92 Å². The van der Waals surface area contributed by atoms with Gasteiger partial charge in [-0.05, 0) is 60.6 Å². The Morgan fingerprint density at radius 3 is 2.66 bits per heavy atom. The number of hydrogen-bond donors (Lipinski definition) is 2. The third-order valence-corrected chi connectivity index (χ3v) is 5.11. The number of amides is 1. The predicted molar refractivity (Wildman–Crippen MR) is 113 cm³/mol. The lowest BCUT2D eigenvalue weighted by Gasteiger charge is -1.98. The largest absolute Gasteiger partial charge is 0.478 e. The molecule has 144 valence electrons. The number of rotatable bonds is 4. The molecule has 0 spiro atoms. The standard InChI is InChI=1S/C22H16N2O4S/c1-13-3-2-4-16(11-13)23-22-24-20(25)19(29-22)12-17-9-10-18(28-17)14-5-7-15(8-6-14)21(26)27/h2-12H,1H3,(H,26,27)(H,23,24,25)/b19-12+. The van der Waals surface area contributed by atoms with Crippen LogP contribution in [0.15, 0.2) is 75.0 Å². The van der Waals surface area contributed by atoms with Gasteiger partial charge in [-0.25, -0.2) is 9.79 Å². The molecule has 0 atom stereocenters. The van der Waals surface area contributed by atoms with Crippen molar-refractivity contribution in [3.63, 3.8) is 0 Å². The normalized spacial score (nSPS) is 16.4. The molecule has 1 aliphatic rings. The Morgan fingerprint density at radius 2 is 1.93 bits per heavy atom. The number of benzene rings is 2. The summed E-state index contributed by atoms with van der Waals surface area (Å²) >= 11 is 1.25. The summed E-state index contributed by atoms with van der Waals surface area (Å²) in [6.45, 7) is 1.99. The van der Waals surface area contributed by atoms with Gasteiger partial charge < -0.3 is 14.8 Å². The molecule has 2 aromatic carbocycles. The Hall–Kier alpha value is -3.58. The number of aromatic carboxylic acids is 1. The van der Waals surface area contributed by atoms with E-state index in [1.807, 2.05) is 31.2 Å². The zero-order valence-corrected chi connectivity index (χ0v) is 16.2.